The summed E-state index contributed by atoms with van der Waals surface area (Å²) in [6.07, 6.45) is 1.55. The summed E-state index contributed by atoms with van der Waals surface area (Å²) in [5.41, 5.74) is 6.08. The molecule has 0 radical (unpaired) electrons. The molecule has 15 heavy (non-hydrogen) atoms. The maximum Gasteiger partial charge on any atom is 0.257 e. The van der Waals surface area contributed by atoms with Gasteiger partial charge in [0.25, 0.3) is 5.88 Å². The third kappa shape index (κ3) is 4.06. The zero-order valence-corrected chi connectivity index (χ0v) is 9.91. The summed E-state index contributed by atoms with van der Waals surface area (Å²) in [6.45, 7) is 9.13. The van der Waals surface area contributed by atoms with Crippen LogP contribution in [0.2, 0.25) is 0 Å². The van der Waals surface area contributed by atoms with Crippen molar-refractivity contribution in [2.75, 3.05) is 18.9 Å². The molecule has 0 bridgehead atoms. The van der Waals surface area contributed by atoms with Crippen LogP contribution >= 0.6 is 0 Å². The van der Waals surface area contributed by atoms with Crippen molar-refractivity contribution >= 4 is 5.69 Å². The van der Waals surface area contributed by atoms with Gasteiger partial charge in [0.05, 0.1) is 11.9 Å². The van der Waals surface area contributed by atoms with Gasteiger partial charge in [-0.05, 0) is 0 Å². The molecule has 2 rings (SSSR count). The van der Waals surface area contributed by atoms with Crippen LogP contribution in [0.1, 0.15) is 27.7 Å². The highest BCUT2D eigenvalue weighted by molar-refractivity contribution is 5.47. The number of pyridine rings is 1. The third-order valence-corrected chi connectivity index (χ3v) is 1.42. The van der Waals surface area contributed by atoms with Crippen LogP contribution in [0.15, 0.2) is 12.3 Å². The van der Waals surface area contributed by atoms with E-state index in [0.29, 0.717) is 30.5 Å². The third-order valence-electron chi connectivity index (χ3n) is 1.42. The molecule has 0 saturated carbocycles. The summed E-state index contributed by atoms with van der Waals surface area (Å²) < 4.78 is 10.4. The number of rotatable bonds is 0. The highest BCUT2D eigenvalue weighted by atomic mass is 16.6. The van der Waals surface area contributed by atoms with Crippen LogP contribution in [0.25, 0.3) is 0 Å². The Balaban J connectivity index is 0.000000442. The van der Waals surface area contributed by atoms with Crippen molar-refractivity contribution in [1.29, 1.82) is 0 Å². The molecule has 4 heteroatoms. The van der Waals surface area contributed by atoms with Gasteiger partial charge in [-0.25, -0.2) is 4.98 Å². The van der Waals surface area contributed by atoms with E-state index in [1.807, 2.05) is 27.7 Å². The Morgan fingerprint density at radius 1 is 1.13 bits per heavy atom. The molecule has 4 nitrogen and oxygen atoms in total. The van der Waals surface area contributed by atoms with E-state index in [0.717, 1.165) is 0 Å². The molecular formula is C11H20N2O2. The molecule has 0 spiro atoms. The number of nitrogens with two attached hydrogens (primary N) is 1. The van der Waals surface area contributed by atoms with Crippen molar-refractivity contribution in [3.8, 4) is 11.6 Å². The second-order valence-electron chi connectivity index (χ2n) is 2.27. The Hall–Kier alpha value is -1.45. The van der Waals surface area contributed by atoms with Gasteiger partial charge in [-0.2, -0.15) is 0 Å². The molecule has 2 N–H and O–H groups in total. The Morgan fingerprint density at radius 3 is 2.40 bits per heavy atom. The van der Waals surface area contributed by atoms with Crippen molar-refractivity contribution in [1.82, 2.24) is 4.98 Å². The normalized spacial score (nSPS) is 11.5. The fourth-order valence-electron chi connectivity index (χ4n) is 0.949. The van der Waals surface area contributed by atoms with Crippen LogP contribution in [0, 0.1) is 0 Å². The molecule has 0 unspecified atom stereocenters. The molecule has 0 aromatic carbocycles. The van der Waals surface area contributed by atoms with E-state index in [-0.39, 0.29) is 0 Å². The molecule has 0 fully saturated rings. The van der Waals surface area contributed by atoms with Crippen molar-refractivity contribution in [2.24, 2.45) is 0 Å². The van der Waals surface area contributed by atoms with E-state index >= 15 is 0 Å². The number of fused-ring (bicyclic) bond motifs is 1. The topological polar surface area (TPSA) is 57.4 Å². The van der Waals surface area contributed by atoms with Gasteiger partial charge in [-0.1, -0.05) is 27.7 Å². The predicted octanol–water partition coefficient (Wildman–Crippen LogP) is 2.49. The number of hydrogen-bond acceptors (Lipinski definition) is 4. The maximum atomic E-state index is 5.48. The van der Waals surface area contributed by atoms with Crippen LogP contribution in [-0.2, 0) is 0 Å². The van der Waals surface area contributed by atoms with Crippen LogP contribution in [-0.4, -0.2) is 18.2 Å². The van der Waals surface area contributed by atoms with Gasteiger partial charge in [0.15, 0.2) is 5.75 Å². The van der Waals surface area contributed by atoms with Gasteiger partial charge in [-0.3, -0.25) is 0 Å². The fraction of sp³-hybridized carbons (Fsp3) is 0.545. The van der Waals surface area contributed by atoms with Gasteiger partial charge in [0.2, 0.25) is 0 Å². The zero-order chi connectivity index (χ0) is 11.7. The van der Waals surface area contributed by atoms with Gasteiger partial charge < -0.3 is 15.2 Å². The quantitative estimate of drug-likeness (QED) is 0.717. The zero-order valence-electron chi connectivity index (χ0n) is 9.91. The van der Waals surface area contributed by atoms with Crippen molar-refractivity contribution in [2.45, 2.75) is 27.7 Å². The summed E-state index contributed by atoms with van der Waals surface area (Å²) in [6, 6.07) is 1.71. The van der Waals surface area contributed by atoms with Gasteiger partial charge in [0, 0.05) is 6.07 Å². The molecule has 0 aliphatic carbocycles. The Bertz CT molecular complexity index is 277. The first kappa shape index (κ1) is 13.5. The van der Waals surface area contributed by atoms with Crippen LogP contribution in [0.5, 0.6) is 11.6 Å². The van der Waals surface area contributed by atoms with Gasteiger partial charge >= 0.3 is 0 Å². The molecule has 1 aliphatic heterocycles. The first-order chi connectivity index (χ1) is 7.36. The maximum absolute atomic E-state index is 5.48. The number of nitrogens with zero attached hydrogens (tertiary/aromatic N) is 1. The number of aromatic nitrogens is 1. The second-order valence-corrected chi connectivity index (χ2v) is 2.27. The van der Waals surface area contributed by atoms with Crippen molar-refractivity contribution < 1.29 is 9.47 Å². The number of hydrogen-bond donors (Lipinski definition) is 1. The largest absolute Gasteiger partial charge is 0.484 e. The van der Waals surface area contributed by atoms with E-state index in [1.165, 1.54) is 0 Å². The number of ether oxygens (including phenoxy) is 2. The van der Waals surface area contributed by atoms with Gasteiger partial charge in [0.1, 0.15) is 13.2 Å². The molecule has 2 heterocycles. The minimum Gasteiger partial charge on any atom is -0.484 e. The van der Waals surface area contributed by atoms with E-state index in [2.05, 4.69) is 4.98 Å². The summed E-state index contributed by atoms with van der Waals surface area (Å²) in [7, 11) is 0. The fourth-order valence-corrected chi connectivity index (χ4v) is 0.949. The Labute approximate surface area is 91.4 Å². The Kier molecular flexibility index (Phi) is 7.14. The molecular weight excluding hydrogens is 192 g/mol. The monoisotopic (exact) mass is 212 g/mol. The molecule has 1 aromatic rings. The van der Waals surface area contributed by atoms with Crippen LogP contribution < -0.4 is 15.2 Å². The van der Waals surface area contributed by atoms with E-state index in [9.17, 15) is 0 Å². The average Bonchev–Trinajstić information content (AvgIpc) is 2.34. The first-order valence-corrected chi connectivity index (χ1v) is 5.37. The lowest BCUT2D eigenvalue weighted by atomic mass is 10.4. The molecule has 0 amide bonds. The molecule has 1 aliphatic rings. The summed E-state index contributed by atoms with van der Waals surface area (Å²) in [5.74, 6) is 1.17. The average molecular weight is 212 g/mol. The Morgan fingerprint density at radius 2 is 1.73 bits per heavy atom. The van der Waals surface area contributed by atoms with E-state index in [4.69, 9.17) is 15.2 Å². The van der Waals surface area contributed by atoms with E-state index in [1.54, 1.807) is 12.3 Å². The van der Waals surface area contributed by atoms with Gasteiger partial charge in [-0.15, -0.1) is 0 Å². The highest BCUT2D eigenvalue weighted by Gasteiger charge is 2.11. The van der Waals surface area contributed by atoms with Crippen molar-refractivity contribution in [3.05, 3.63) is 12.3 Å². The first-order valence-electron chi connectivity index (χ1n) is 5.37. The lowest BCUT2D eigenvalue weighted by Gasteiger charge is -2.16. The predicted molar refractivity (Wildman–Crippen MR) is 62.3 cm³/mol. The highest BCUT2D eigenvalue weighted by Crippen LogP contribution is 2.28. The lowest BCUT2D eigenvalue weighted by Crippen LogP contribution is -2.16. The standard InChI is InChI=1S/C7H8N2O2.2C2H6/c8-5-3-6-7(9-4-5)11-2-1-10-6;2*1-2/h3-4H,1-2,8H2;2*1-2H3. The van der Waals surface area contributed by atoms with Crippen LogP contribution in [0.4, 0.5) is 5.69 Å². The van der Waals surface area contributed by atoms with E-state index < -0.39 is 0 Å². The molecule has 0 saturated heterocycles. The summed E-state index contributed by atoms with van der Waals surface area (Å²) >= 11 is 0. The number of anilines is 1. The van der Waals surface area contributed by atoms with Crippen LogP contribution in [0.3, 0.4) is 0 Å². The number of nitrogen functional groups attached to an aromatic ring is 1. The SMILES string of the molecule is CC.CC.Nc1cnc2c(c1)OCCO2. The molecule has 1 aromatic heterocycles. The minimum absolute atomic E-state index is 0.533. The summed E-state index contributed by atoms with van der Waals surface area (Å²) in [5, 5.41) is 0. The summed E-state index contributed by atoms with van der Waals surface area (Å²) in [4.78, 5) is 3.95. The van der Waals surface area contributed by atoms with Crippen molar-refractivity contribution in [3.63, 3.8) is 0 Å². The smallest absolute Gasteiger partial charge is 0.257 e. The lowest BCUT2D eigenvalue weighted by molar-refractivity contribution is 0.164. The molecule has 86 valence electrons. The molecule has 0 atom stereocenters. The minimum atomic E-state index is 0.533. The second kappa shape index (κ2) is 7.91.